The minimum absolute atomic E-state index is 0.0408. The van der Waals surface area contributed by atoms with Gasteiger partial charge in [0.15, 0.2) is 0 Å². The van der Waals surface area contributed by atoms with E-state index in [1.807, 2.05) is 54.6 Å². The highest BCUT2D eigenvalue weighted by molar-refractivity contribution is 5.70. The van der Waals surface area contributed by atoms with Gasteiger partial charge in [0, 0.05) is 6.42 Å². The Kier molecular flexibility index (Phi) is 6.39. The van der Waals surface area contributed by atoms with Gasteiger partial charge in [-0.2, -0.15) is 0 Å². The number of nitrogens with one attached hydrogen (secondary N) is 1. The summed E-state index contributed by atoms with van der Waals surface area (Å²) in [4.78, 5) is 23.0. The Morgan fingerprint density at radius 1 is 1.00 bits per heavy atom. The zero-order valence-electron chi connectivity index (χ0n) is 15.4. The van der Waals surface area contributed by atoms with E-state index in [2.05, 4.69) is 5.32 Å². The van der Waals surface area contributed by atoms with Gasteiger partial charge in [-0.15, -0.1) is 0 Å². The van der Waals surface area contributed by atoms with Crippen molar-refractivity contribution in [3.05, 3.63) is 60.2 Å². The molecule has 1 atom stereocenters. The lowest BCUT2D eigenvalue weighted by molar-refractivity contribution is -0.137. The van der Waals surface area contributed by atoms with Crippen LogP contribution in [0.15, 0.2) is 54.6 Å². The van der Waals surface area contributed by atoms with Crippen molar-refractivity contribution in [2.45, 2.75) is 45.3 Å². The molecule has 2 rings (SSSR count). The maximum absolute atomic E-state index is 12.1. The van der Waals surface area contributed by atoms with Crippen molar-refractivity contribution >= 4 is 12.1 Å². The van der Waals surface area contributed by atoms with Crippen LogP contribution >= 0.6 is 0 Å². The molecule has 5 nitrogen and oxygen atoms in total. The fourth-order valence-electron chi connectivity index (χ4n) is 2.58. The molecule has 0 aliphatic carbocycles. The molecular weight excluding hydrogens is 330 g/mol. The van der Waals surface area contributed by atoms with Gasteiger partial charge >= 0.3 is 12.1 Å². The minimum Gasteiger partial charge on any atom is -0.481 e. The number of ether oxygens (including phenoxy) is 1. The summed E-state index contributed by atoms with van der Waals surface area (Å²) in [5, 5.41) is 11.8. The van der Waals surface area contributed by atoms with Crippen LogP contribution in [0.3, 0.4) is 0 Å². The van der Waals surface area contributed by atoms with E-state index in [1.165, 1.54) is 0 Å². The van der Waals surface area contributed by atoms with Crippen molar-refractivity contribution in [1.29, 1.82) is 0 Å². The maximum Gasteiger partial charge on any atom is 0.408 e. The molecule has 0 bridgehead atoms. The SMILES string of the molecule is CC(C)(C)OC(=O)NC(CCC(=O)O)c1ccc(-c2ccccc2)cc1. The van der Waals surface area contributed by atoms with Crippen LogP contribution in [-0.2, 0) is 9.53 Å². The van der Waals surface area contributed by atoms with Gasteiger partial charge < -0.3 is 15.2 Å². The summed E-state index contributed by atoms with van der Waals surface area (Å²) in [6.45, 7) is 5.36. The molecule has 0 spiro atoms. The first-order valence-electron chi connectivity index (χ1n) is 8.61. The van der Waals surface area contributed by atoms with Crippen LogP contribution in [-0.4, -0.2) is 22.8 Å². The third kappa shape index (κ3) is 6.24. The first-order chi connectivity index (χ1) is 12.2. The molecule has 26 heavy (non-hydrogen) atoms. The monoisotopic (exact) mass is 355 g/mol. The van der Waals surface area contributed by atoms with Crippen LogP contribution in [0.5, 0.6) is 0 Å². The minimum atomic E-state index is -0.901. The standard InChI is InChI=1S/C21H25NO4/c1-21(2,3)26-20(25)22-18(13-14-19(23)24)17-11-9-16(10-12-17)15-7-5-4-6-8-15/h4-12,18H,13-14H2,1-3H3,(H,22,25)(H,23,24). The summed E-state index contributed by atoms with van der Waals surface area (Å²) >= 11 is 0. The van der Waals surface area contributed by atoms with Gasteiger partial charge in [-0.05, 0) is 43.9 Å². The van der Waals surface area contributed by atoms with E-state index >= 15 is 0 Å². The van der Waals surface area contributed by atoms with E-state index in [1.54, 1.807) is 20.8 Å². The first kappa shape index (κ1) is 19.5. The summed E-state index contributed by atoms with van der Waals surface area (Å²) in [5.74, 6) is -0.901. The number of rotatable bonds is 6. The molecule has 0 aliphatic rings. The molecule has 2 aromatic carbocycles. The molecule has 2 N–H and O–H groups in total. The lowest BCUT2D eigenvalue weighted by Gasteiger charge is -2.24. The molecule has 0 heterocycles. The van der Waals surface area contributed by atoms with Crippen molar-refractivity contribution in [3.8, 4) is 11.1 Å². The lowest BCUT2D eigenvalue weighted by atomic mass is 9.98. The highest BCUT2D eigenvalue weighted by Crippen LogP contribution is 2.24. The Hall–Kier alpha value is -2.82. The second-order valence-electron chi connectivity index (χ2n) is 7.12. The molecule has 0 saturated heterocycles. The molecule has 1 unspecified atom stereocenters. The van der Waals surface area contributed by atoms with Gasteiger partial charge in [-0.3, -0.25) is 4.79 Å². The summed E-state index contributed by atoms with van der Waals surface area (Å²) in [6.07, 6.45) is -0.305. The number of aliphatic carboxylic acids is 1. The predicted molar refractivity (Wildman–Crippen MR) is 101 cm³/mol. The smallest absolute Gasteiger partial charge is 0.408 e. The number of carbonyl (C=O) groups is 2. The topological polar surface area (TPSA) is 75.6 Å². The summed E-state index contributed by atoms with van der Waals surface area (Å²) in [6, 6.07) is 17.3. The van der Waals surface area contributed by atoms with Crippen molar-refractivity contribution in [2.75, 3.05) is 0 Å². The van der Waals surface area contributed by atoms with E-state index in [4.69, 9.17) is 9.84 Å². The molecule has 0 saturated carbocycles. The van der Waals surface area contributed by atoms with E-state index in [0.29, 0.717) is 6.42 Å². The Morgan fingerprint density at radius 2 is 1.58 bits per heavy atom. The second kappa shape index (κ2) is 8.52. The van der Waals surface area contributed by atoms with Crippen LogP contribution in [0.1, 0.15) is 45.2 Å². The molecule has 1 amide bonds. The Labute approximate surface area is 154 Å². The number of alkyl carbamates (subject to hydrolysis) is 1. The predicted octanol–water partition coefficient (Wildman–Crippen LogP) is 4.78. The largest absolute Gasteiger partial charge is 0.481 e. The quantitative estimate of drug-likeness (QED) is 0.781. The highest BCUT2D eigenvalue weighted by Gasteiger charge is 2.21. The van der Waals surface area contributed by atoms with Crippen molar-refractivity contribution in [1.82, 2.24) is 5.32 Å². The van der Waals surface area contributed by atoms with Gasteiger partial charge in [-0.1, -0.05) is 54.6 Å². The van der Waals surface area contributed by atoms with Crippen LogP contribution in [0.2, 0.25) is 0 Å². The van der Waals surface area contributed by atoms with Gasteiger partial charge in [-0.25, -0.2) is 4.79 Å². The average Bonchev–Trinajstić information content (AvgIpc) is 2.58. The van der Waals surface area contributed by atoms with Gasteiger partial charge in [0.1, 0.15) is 5.60 Å². The average molecular weight is 355 g/mol. The normalized spacial score (nSPS) is 12.3. The number of benzene rings is 2. The van der Waals surface area contributed by atoms with Gasteiger partial charge in [0.2, 0.25) is 0 Å². The Morgan fingerprint density at radius 3 is 2.12 bits per heavy atom. The fraction of sp³-hybridized carbons (Fsp3) is 0.333. The van der Waals surface area contributed by atoms with Gasteiger partial charge in [0.25, 0.3) is 0 Å². The van der Waals surface area contributed by atoms with E-state index in [-0.39, 0.29) is 6.42 Å². The summed E-state index contributed by atoms with van der Waals surface area (Å²) in [5.41, 5.74) is 2.39. The van der Waals surface area contributed by atoms with Crippen molar-refractivity contribution in [2.24, 2.45) is 0 Å². The summed E-state index contributed by atoms with van der Waals surface area (Å²) in [7, 11) is 0. The van der Waals surface area contributed by atoms with E-state index in [9.17, 15) is 9.59 Å². The molecule has 0 aliphatic heterocycles. The number of hydrogen-bond donors (Lipinski definition) is 2. The molecular formula is C21H25NO4. The third-order valence-electron chi connectivity index (χ3n) is 3.76. The molecule has 2 aromatic rings. The number of amides is 1. The molecule has 138 valence electrons. The Balaban J connectivity index is 2.16. The van der Waals surface area contributed by atoms with Crippen LogP contribution in [0, 0.1) is 0 Å². The molecule has 0 aromatic heterocycles. The third-order valence-corrected chi connectivity index (χ3v) is 3.76. The van der Waals surface area contributed by atoms with Crippen LogP contribution < -0.4 is 5.32 Å². The zero-order chi connectivity index (χ0) is 19.2. The van der Waals surface area contributed by atoms with E-state index in [0.717, 1.165) is 16.7 Å². The van der Waals surface area contributed by atoms with E-state index < -0.39 is 23.7 Å². The molecule has 0 radical (unpaired) electrons. The second-order valence-corrected chi connectivity index (χ2v) is 7.12. The van der Waals surface area contributed by atoms with Crippen LogP contribution in [0.4, 0.5) is 4.79 Å². The molecule has 0 fully saturated rings. The van der Waals surface area contributed by atoms with Crippen LogP contribution in [0.25, 0.3) is 11.1 Å². The number of carboxylic acids is 1. The van der Waals surface area contributed by atoms with Crippen molar-refractivity contribution in [3.63, 3.8) is 0 Å². The molecule has 5 heteroatoms. The highest BCUT2D eigenvalue weighted by atomic mass is 16.6. The lowest BCUT2D eigenvalue weighted by Crippen LogP contribution is -2.35. The van der Waals surface area contributed by atoms with Gasteiger partial charge in [0.05, 0.1) is 6.04 Å². The fourth-order valence-corrected chi connectivity index (χ4v) is 2.58. The first-order valence-corrected chi connectivity index (χ1v) is 8.61. The zero-order valence-corrected chi connectivity index (χ0v) is 15.4. The number of carboxylic acid groups (broad SMARTS) is 1. The summed E-state index contributed by atoms with van der Waals surface area (Å²) < 4.78 is 5.29. The number of hydrogen-bond acceptors (Lipinski definition) is 3. The Bertz CT molecular complexity index is 733. The maximum atomic E-state index is 12.1. The number of carbonyl (C=O) groups excluding carboxylic acids is 1. The van der Waals surface area contributed by atoms with Crippen molar-refractivity contribution < 1.29 is 19.4 Å².